The highest BCUT2D eigenvalue weighted by molar-refractivity contribution is 5.90. The molecule has 0 bridgehead atoms. The zero-order valence-corrected chi connectivity index (χ0v) is 9.77. The van der Waals surface area contributed by atoms with E-state index in [2.05, 4.69) is 11.3 Å². The Balaban J connectivity index is 0. The predicted molar refractivity (Wildman–Crippen MR) is 58.1 cm³/mol. The second-order valence-electron chi connectivity index (χ2n) is 3.12. The number of hydrogen-bond donors (Lipinski definition) is 3. The lowest BCUT2D eigenvalue weighted by atomic mass is 10.3. The summed E-state index contributed by atoms with van der Waals surface area (Å²) in [5, 5.41) is 17.3. The Morgan fingerprint density at radius 3 is 2.00 bits per heavy atom. The number of nitrogens with two attached hydrogens (primary N) is 1. The van der Waals surface area contributed by atoms with E-state index in [0.29, 0.717) is 12.0 Å². The van der Waals surface area contributed by atoms with Gasteiger partial charge in [0.1, 0.15) is 6.10 Å². The van der Waals surface area contributed by atoms with E-state index in [4.69, 9.17) is 15.9 Å². The van der Waals surface area contributed by atoms with E-state index < -0.39 is 24.3 Å². The maximum absolute atomic E-state index is 10.5. The van der Waals surface area contributed by atoms with Crippen LogP contribution in [0.4, 0.5) is 0 Å². The van der Waals surface area contributed by atoms with Crippen molar-refractivity contribution in [3.63, 3.8) is 0 Å². The largest absolute Gasteiger partial charge is 0.434 e. The van der Waals surface area contributed by atoms with E-state index in [9.17, 15) is 9.59 Å². The summed E-state index contributed by atoms with van der Waals surface area (Å²) in [6.07, 6.45) is -1.93. The molecule has 0 aliphatic heterocycles. The van der Waals surface area contributed by atoms with E-state index in [0.717, 1.165) is 0 Å². The van der Waals surface area contributed by atoms with Gasteiger partial charge in [0.15, 0.2) is 6.29 Å². The summed E-state index contributed by atoms with van der Waals surface area (Å²) in [5.41, 5.74) is 5.09. The fourth-order valence-electron chi connectivity index (χ4n) is 0.316. The minimum Gasteiger partial charge on any atom is -0.434 e. The number of aliphatic hydroxyl groups excluding tert-OH is 2. The summed E-state index contributed by atoms with van der Waals surface area (Å²) in [6.45, 7) is 7.80. The van der Waals surface area contributed by atoms with Crippen molar-refractivity contribution < 1.29 is 24.5 Å². The van der Waals surface area contributed by atoms with Gasteiger partial charge in [0.25, 0.3) is 0 Å². The van der Waals surface area contributed by atoms with E-state index in [1.807, 2.05) is 0 Å². The van der Waals surface area contributed by atoms with E-state index >= 15 is 0 Å². The molecule has 94 valence electrons. The number of carbonyl (C=O) groups is 2. The molecule has 2 atom stereocenters. The molecule has 2 unspecified atom stereocenters. The molecule has 0 aliphatic carbocycles. The van der Waals surface area contributed by atoms with Crippen molar-refractivity contribution in [3.8, 4) is 0 Å². The zero-order chi connectivity index (χ0) is 13.3. The lowest BCUT2D eigenvalue weighted by Crippen LogP contribution is -2.25. The molecule has 0 aromatic carbocycles. The SMILES string of the molecule is C=C(C)C(N)=O.CCC(O)OC(=O)C(C)O. The van der Waals surface area contributed by atoms with Gasteiger partial charge in [-0.3, -0.25) is 4.79 Å². The molecule has 0 aliphatic rings. The van der Waals surface area contributed by atoms with Crippen molar-refractivity contribution in [2.75, 3.05) is 0 Å². The van der Waals surface area contributed by atoms with Crippen LogP contribution in [-0.2, 0) is 14.3 Å². The molecule has 0 aromatic heterocycles. The number of ether oxygens (including phenoxy) is 1. The van der Waals surface area contributed by atoms with Gasteiger partial charge in [0.05, 0.1) is 0 Å². The Morgan fingerprint density at radius 1 is 1.44 bits per heavy atom. The molecule has 0 saturated heterocycles. The molecule has 0 spiro atoms. The van der Waals surface area contributed by atoms with Crippen LogP contribution in [0.1, 0.15) is 27.2 Å². The Hall–Kier alpha value is -1.40. The van der Waals surface area contributed by atoms with Gasteiger partial charge >= 0.3 is 5.97 Å². The van der Waals surface area contributed by atoms with Gasteiger partial charge in [-0.2, -0.15) is 0 Å². The third-order valence-electron chi connectivity index (χ3n) is 1.36. The minimum atomic E-state index is -1.17. The summed E-state index contributed by atoms with van der Waals surface area (Å²) >= 11 is 0. The molecule has 16 heavy (non-hydrogen) atoms. The second-order valence-corrected chi connectivity index (χ2v) is 3.12. The highest BCUT2D eigenvalue weighted by Crippen LogP contribution is 1.95. The van der Waals surface area contributed by atoms with Crippen LogP contribution >= 0.6 is 0 Å². The van der Waals surface area contributed by atoms with Gasteiger partial charge in [-0.1, -0.05) is 13.5 Å². The molecule has 0 rings (SSSR count). The molecule has 0 fully saturated rings. The first-order valence-electron chi connectivity index (χ1n) is 4.74. The summed E-state index contributed by atoms with van der Waals surface area (Å²) in [5.74, 6) is -1.23. The van der Waals surface area contributed by atoms with E-state index in [1.54, 1.807) is 13.8 Å². The quantitative estimate of drug-likeness (QED) is 0.350. The van der Waals surface area contributed by atoms with Crippen LogP contribution in [0.15, 0.2) is 12.2 Å². The van der Waals surface area contributed by atoms with Crippen LogP contribution < -0.4 is 5.73 Å². The summed E-state index contributed by atoms with van der Waals surface area (Å²) in [7, 11) is 0. The molecule has 6 heteroatoms. The lowest BCUT2D eigenvalue weighted by Gasteiger charge is -2.10. The molecular formula is C10H19NO5. The van der Waals surface area contributed by atoms with Crippen molar-refractivity contribution in [2.24, 2.45) is 5.73 Å². The van der Waals surface area contributed by atoms with Crippen LogP contribution in [0.2, 0.25) is 0 Å². The van der Waals surface area contributed by atoms with Crippen molar-refractivity contribution in [1.29, 1.82) is 0 Å². The zero-order valence-electron chi connectivity index (χ0n) is 9.77. The van der Waals surface area contributed by atoms with Gasteiger partial charge in [-0.05, 0) is 13.8 Å². The van der Waals surface area contributed by atoms with Crippen LogP contribution in [0, 0.1) is 0 Å². The molecule has 6 nitrogen and oxygen atoms in total. The number of esters is 1. The Morgan fingerprint density at radius 2 is 1.81 bits per heavy atom. The third kappa shape index (κ3) is 10.7. The number of hydrogen-bond acceptors (Lipinski definition) is 5. The molecule has 0 aromatic rings. The molecule has 0 saturated carbocycles. The summed E-state index contributed by atoms with van der Waals surface area (Å²) < 4.78 is 4.33. The van der Waals surface area contributed by atoms with Crippen LogP contribution in [0.5, 0.6) is 0 Å². The number of amides is 1. The van der Waals surface area contributed by atoms with Crippen molar-refractivity contribution in [2.45, 2.75) is 39.6 Å². The maximum atomic E-state index is 10.5. The first-order chi connectivity index (χ1) is 7.22. The van der Waals surface area contributed by atoms with Gasteiger partial charge in [0, 0.05) is 12.0 Å². The normalized spacial score (nSPS) is 12.8. The van der Waals surface area contributed by atoms with E-state index in [1.165, 1.54) is 6.92 Å². The average molecular weight is 233 g/mol. The predicted octanol–water partition coefficient (Wildman–Crippen LogP) is -0.313. The van der Waals surface area contributed by atoms with Crippen molar-refractivity contribution >= 4 is 11.9 Å². The maximum Gasteiger partial charge on any atom is 0.336 e. The molecule has 4 N–H and O–H groups in total. The Labute approximate surface area is 94.7 Å². The monoisotopic (exact) mass is 233 g/mol. The van der Waals surface area contributed by atoms with Crippen LogP contribution in [-0.4, -0.2) is 34.5 Å². The van der Waals surface area contributed by atoms with Gasteiger partial charge < -0.3 is 20.7 Å². The van der Waals surface area contributed by atoms with E-state index in [-0.39, 0.29) is 0 Å². The van der Waals surface area contributed by atoms with Gasteiger partial charge in [-0.25, -0.2) is 4.79 Å². The van der Waals surface area contributed by atoms with Gasteiger partial charge in [0.2, 0.25) is 5.91 Å². The molecular weight excluding hydrogens is 214 g/mol. The number of rotatable bonds is 4. The number of primary amides is 1. The Bertz CT molecular complexity index is 238. The minimum absolute atomic E-state index is 0.332. The van der Waals surface area contributed by atoms with Crippen molar-refractivity contribution in [3.05, 3.63) is 12.2 Å². The Kier molecular flexibility index (Phi) is 9.43. The van der Waals surface area contributed by atoms with Crippen molar-refractivity contribution in [1.82, 2.24) is 0 Å². The fourth-order valence-corrected chi connectivity index (χ4v) is 0.316. The van der Waals surface area contributed by atoms with Crippen LogP contribution in [0.3, 0.4) is 0 Å². The summed E-state index contributed by atoms with van der Waals surface area (Å²) in [4.78, 5) is 20.3. The molecule has 1 amide bonds. The number of carbonyl (C=O) groups excluding carboxylic acids is 2. The smallest absolute Gasteiger partial charge is 0.336 e. The first-order valence-corrected chi connectivity index (χ1v) is 4.74. The first kappa shape index (κ1) is 17.0. The lowest BCUT2D eigenvalue weighted by molar-refractivity contribution is -0.176. The van der Waals surface area contributed by atoms with Gasteiger partial charge in [-0.15, -0.1) is 0 Å². The average Bonchev–Trinajstić information content (AvgIpc) is 2.18. The molecule has 0 radical (unpaired) electrons. The second kappa shape index (κ2) is 8.87. The highest BCUT2D eigenvalue weighted by Gasteiger charge is 2.13. The third-order valence-corrected chi connectivity index (χ3v) is 1.36. The topological polar surface area (TPSA) is 110 Å². The number of aliphatic hydroxyl groups is 2. The molecule has 0 heterocycles. The highest BCUT2D eigenvalue weighted by atomic mass is 16.6. The summed E-state index contributed by atoms with van der Waals surface area (Å²) in [6, 6.07) is 0. The fraction of sp³-hybridized carbons (Fsp3) is 0.600. The standard InChI is InChI=1S/C6H12O4.C4H7NO/c1-3-5(8)10-6(9)4(2)7;1-3(2)4(5)6/h4-5,7-8H,3H2,1-2H3;1H2,2H3,(H2,5,6). The van der Waals surface area contributed by atoms with Crippen LogP contribution in [0.25, 0.3) is 0 Å².